The van der Waals surface area contributed by atoms with Crippen LogP contribution in [0.3, 0.4) is 0 Å². The van der Waals surface area contributed by atoms with E-state index in [9.17, 15) is 9.90 Å². The van der Waals surface area contributed by atoms with Gasteiger partial charge in [-0.3, -0.25) is 14.8 Å². The molecule has 2 aromatic rings. The number of hydrazine groups is 1. The number of carbonyl (C=O) groups excluding carboxylic acids is 2. The molecule has 1 heterocycles. The van der Waals surface area contributed by atoms with Crippen LogP contribution in [0.5, 0.6) is 5.75 Å². The van der Waals surface area contributed by atoms with Crippen LogP contribution in [-0.2, 0) is 14.3 Å². The molecule has 0 amide bonds. The number of ether oxygens (including phenoxy) is 2. The smallest absolute Gasteiger partial charge is 0.167 e. The largest absolute Gasteiger partial charge is 0.490 e. The van der Waals surface area contributed by atoms with Crippen molar-refractivity contribution in [1.82, 2.24) is 10.3 Å². The van der Waals surface area contributed by atoms with Gasteiger partial charge in [-0.2, -0.15) is 10.2 Å². The van der Waals surface area contributed by atoms with Crippen LogP contribution in [0.4, 0.5) is 5.69 Å². The van der Waals surface area contributed by atoms with Crippen molar-refractivity contribution in [2.45, 2.75) is 90.1 Å². The molecule has 0 radical (unpaired) electrons. The van der Waals surface area contributed by atoms with E-state index in [1.807, 2.05) is 100 Å². The quantitative estimate of drug-likeness (QED) is 0.0953. The number of para-hydroxylation sites is 1. The lowest BCUT2D eigenvalue weighted by Crippen LogP contribution is -2.49. The molecule has 2 unspecified atom stereocenters. The third-order valence-electron chi connectivity index (χ3n) is 9.03. The third kappa shape index (κ3) is 10.4. The van der Waals surface area contributed by atoms with Gasteiger partial charge >= 0.3 is 0 Å². The van der Waals surface area contributed by atoms with Crippen LogP contribution in [0.1, 0.15) is 71.8 Å². The van der Waals surface area contributed by atoms with E-state index in [0.717, 1.165) is 48.2 Å². The van der Waals surface area contributed by atoms with Crippen molar-refractivity contribution in [3.8, 4) is 5.75 Å². The van der Waals surface area contributed by atoms with E-state index in [4.69, 9.17) is 25.9 Å². The number of allylic oxidation sites excluding steroid dienone is 2. The molecule has 3 atom stereocenters. The molecule has 4 rings (SSSR count). The van der Waals surface area contributed by atoms with E-state index in [2.05, 4.69) is 29.2 Å². The van der Waals surface area contributed by atoms with Crippen molar-refractivity contribution in [2.75, 3.05) is 25.6 Å². The van der Waals surface area contributed by atoms with E-state index < -0.39 is 5.60 Å². The van der Waals surface area contributed by atoms with Crippen LogP contribution < -0.4 is 15.1 Å². The number of benzene rings is 2. The van der Waals surface area contributed by atoms with Crippen LogP contribution in [0.2, 0.25) is 5.02 Å². The van der Waals surface area contributed by atoms with Gasteiger partial charge in [0.25, 0.3) is 0 Å². The second kappa shape index (κ2) is 18.1. The predicted molar refractivity (Wildman–Crippen MR) is 194 cm³/mol. The topological polar surface area (TPSA) is 116 Å². The zero-order chi connectivity index (χ0) is 35.4. The Morgan fingerprint density at radius 1 is 1.19 bits per heavy atom. The number of aliphatic hydroxyl groups is 1. The van der Waals surface area contributed by atoms with Gasteiger partial charge in [0.05, 0.1) is 46.7 Å². The lowest BCUT2D eigenvalue weighted by molar-refractivity contribution is -0.106. The van der Waals surface area contributed by atoms with Gasteiger partial charge in [0, 0.05) is 43.9 Å². The molecule has 1 saturated carbocycles. The van der Waals surface area contributed by atoms with Crippen molar-refractivity contribution in [2.24, 2.45) is 22.0 Å². The highest BCUT2D eigenvalue weighted by atomic mass is 35.5. The van der Waals surface area contributed by atoms with Gasteiger partial charge < -0.3 is 24.7 Å². The molecule has 11 heteroatoms. The van der Waals surface area contributed by atoms with Crippen LogP contribution in [-0.4, -0.2) is 80.2 Å². The maximum Gasteiger partial charge on any atom is 0.167 e. The van der Waals surface area contributed by atoms with Crippen LogP contribution >= 0.6 is 11.6 Å². The summed E-state index contributed by atoms with van der Waals surface area (Å²) in [5.41, 5.74) is 3.22. The Bertz CT molecular complexity index is 1410. The van der Waals surface area contributed by atoms with Gasteiger partial charge in [-0.25, -0.2) is 0 Å². The number of carbonyl (C=O) groups is 2. The molecule has 1 aliphatic carbocycles. The standard InChI is InChI=1S/C36H50ClN5O4.CH2O/c1-24(2)45-33-18-14-27(37)19-30(33)31(40-38-5)17-16-29-15-13-25(3)34(46-29)22-39-32(23-43)35(26-20-36(4,44)21-26)42(7)41(6)28-11-9-8-10-12-28;1-2/h8-12,14,18-19,23-26,29,34,39,44H,5,13,15-17,20-22H2,1-4,6-7H3;1H2/b35-32+,40-31+;/t25-,26?,29?,34?,36?;/m0./s1. The maximum atomic E-state index is 12.6. The van der Waals surface area contributed by atoms with Gasteiger partial charge in [-0.1, -0.05) is 36.7 Å². The lowest BCUT2D eigenvalue weighted by atomic mass is 9.70. The van der Waals surface area contributed by atoms with Gasteiger partial charge in [0.2, 0.25) is 0 Å². The number of aldehydes is 1. The number of anilines is 1. The van der Waals surface area contributed by atoms with Crippen molar-refractivity contribution in [1.29, 1.82) is 0 Å². The second-order valence-electron chi connectivity index (χ2n) is 13.2. The summed E-state index contributed by atoms with van der Waals surface area (Å²) in [6.07, 6.45) is 5.32. The van der Waals surface area contributed by atoms with E-state index >= 15 is 0 Å². The second-order valence-corrected chi connectivity index (χ2v) is 13.6. The van der Waals surface area contributed by atoms with E-state index in [1.54, 1.807) is 0 Å². The Labute approximate surface area is 290 Å². The summed E-state index contributed by atoms with van der Waals surface area (Å²) in [4.78, 5) is 20.6. The van der Waals surface area contributed by atoms with E-state index in [-0.39, 0.29) is 24.2 Å². The van der Waals surface area contributed by atoms with Gasteiger partial charge in [0.1, 0.15) is 12.5 Å². The SMILES string of the molecule is C=N/N=C(\CCC1CC[C@H](C)C(CN/C(C=O)=C(\C2CC(C)(O)C2)N(C)N(C)c2ccccc2)O1)c1cc(Cl)ccc1OC(C)C.C=O. The van der Waals surface area contributed by atoms with Crippen molar-refractivity contribution in [3.05, 3.63) is 70.5 Å². The van der Waals surface area contributed by atoms with Crippen molar-refractivity contribution in [3.63, 3.8) is 0 Å². The summed E-state index contributed by atoms with van der Waals surface area (Å²) in [5.74, 6) is 1.07. The van der Waals surface area contributed by atoms with E-state index in [1.165, 1.54) is 0 Å². The molecule has 2 aliphatic rings. The molecule has 2 fully saturated rings. The Morgan fingerprint density at radius 2 is 1.88 bits per heavy atom. The molecule has 1 aliphatic heterocycles. The maximum absolute atomic E-state index is 12.6. The van der Waals surface area contributed by atoms with Gasteiger partial charge in [-0.05, 0) is 95.5 Å². The fourth-order valence-corrected chi connectivity index (χ4v) is 6.66. The fraction of sp³-hybridized carbons (Fsp3) is 0.514. The average molecular weight is 682 g/mol. The summed E-state index contributed by atoms with van der Waals surface area (Å²) in [5, 5.41) is 26.9. The Hall–Kier alpha value is -3.73. The first-order chi connectivity index (χ1) is 22.9. The molecule has 48 heavy (non-hydrogen) atoms. The molecular weight excluding hydrogens is 630 g/mol. The summed E-state index contributed by atoms with van der Waals surface area (Å²) < 4.78 is 12.7. The lowest BCUT2D eigenvalue weighted by Gasteiger charge is -2.47. The number of halogens is 1. The number of rotatable bonds is 15. The highest BCUT2D eigenvalue weighted by Crippen LogP contribution is 2.43. The number of nitrogens with one attached hydrogen (secondary N) is 1. The predicted octanol–water partition coefficient (Wildman–Crippen LogP) is 6.46. The minimum Gasteiger partial charge on any atom is -0.490 e. The third-order valence-corrected chi connectivity index (χ3v) is 9.27. The van der Waals surface area contributed by atoms with Gasteiger partial charge in [0.15, 0.2) is 6.29 Å². The molecule has 2 aromatic carbocycles. The minimum absolute atomic E-state index is 0.00362. The molecule has 0 bridgehead atoms. The summed E-state index contributed by atoms with van der Waals surface area (Å²) in [7, 11) is 3.94. The van der Waals surface area contributed by atoms with Crippen molar-refractivity contribution < 1.29 is 24.2 Å². The summed E-state index contributed by atoms with van der Waals surface area (Å²) in [6, 6.07) is 15.6. The molecule has 1 saturated heterocycles. The first-order valence-corrected chi connectivity index (χ1v) is 16.9. The number of hydrogen-bond acceptors (Lipinski definition) is 10. The Morgan fingerprint density at radius 3 is 2.48 bits per heavy atom. The molecule has 2 N–H and O–H groups in total. The van der Waals surface area contributed by atoms with Crippen LogP contribution in [0.15, 0.2) is 70.1 Å². The Balaban J connectivity index is 0.00000307. The average Bonchev–Trinajstić information content (AvgIpc) is 3.06. The molecular formula is C37H52ClN5O5. The highest BCUT2D eigenvalue weighted by molar-refractivity contribution is 6.31. The normalized spacial score (nSPS) is 24.3. The first-order valence-electron chi connectivity index (χ1n) is 16.5. The zero-order valence-corrected chi connectivity index (χ0v) is 29.9. The molecule has 0 spiro atoms. The minimum atomic E-state index is -0.736. The zero-order valence-electron chi connectivity index (χ0n) is 29.2. The summed E-state index contributed by atoms with van der Waals surface area (Å²) in [6.45, 7) is 14.1. The monoisotopic (exact) mass is 681 g/mol. The highest BCUT2D eigenvalue weighted by Gasteiger charge is 2.43. The molecule has 10 nitrogen and oxygen atoms in total. The fourth-order valence-electron chi connectivity index (χ4n) is 6.49. The summed E-state index contributed by atoms with van der Waals surface area (Å²) >= 11 is 6.36. The van der Waals surface area contributed by atoms with E-state index in [0.29, 0.717) is 48.2 Å². The first kappa shape index (κ1) is 38.7. The molecule has 262 valence electrons. The number of nitrogens with zero attached hydrogens (tertiary/aromatic N) is 4. The van der Waals surface area contributed by atoms with Crippen molar-refractivity contribution >= 4 is 42.8 Å². The molecule has 0 aromatic heterocycles. The van der Waals surface area contributed by atoms with Crippen LogP contribution in [0, 0.1) is 11.8 Å². The van der Waals surface area contributed by atoms with Gasteiger partial charge in [-0.15, -0.1) is 0 Å². The number of hydrogen-bond donors (Lipinski definition) is 2. The van der Waals surface area contributed by atoms with Crippen LogP contribution in [0.25, 0.3) is 0 Å². The Kier molecular flexibility index (Phi) is 14.6.